The normalized spacial score (nSPS) is 35.9. The summed E-state index contributed by atoms with van der Waals surface area (Å²) in [7, 11) is 0. The Morgan fingerprint density at radius 3 is 2.18 bits per heavy atom. The van der Waals surface area contributed by atoms with Crippen LogP contribution in [0.1, 0.15) is 28.2 Å². The first-order chi connectivity index (χ1) is 7.53. The van der Waals surface area contributed by atoms with Crippen LogP contribution in [0, 0.1) is 11.8 Å². The van der Waals surface area contributed by atoms with Crippen molar-refractivity contribution in [1.29, 1.82) is 0 Å². The lowest BCUT2D eigenvalue weighted by Gasteiger charge is -2.40. The van der Waals surface area contributed by atoms with Crippen LogP contribution in [-0.2, 0) is 14.3 Å². The highest BCUT2D eigenvalue weighted by Crippen LogP contribution is 2.28. The molecule has 3 N–H and O–H groups in total. The zero-order valence-corrected chi connectivity index (χ0v) is 10.00. The molecule has 0 amide bonds. The van der Waals surface area contributed by atoms with Gasteiger partial charge in [-0.25, -0.2) is 0 Å². The minimum Gasteiger partial charge on any atom is -0.394 e. The fraction of sp³-hybridized carbons (Fsp3) is 0.833. The molecule has 0 radical (unpaired) electrons. The zero-order chi connectivity index (χ0) is 12.7. The number of hydrogen-bond acceptors (Lipinski definition) is 5. The van der Waals surface area contributed by atoms with Crippen molar-refractivity contribution in [2.24, 2.45) is 17.6 Å². The van der Waals surface area contributed by atoms with Gasteiger partial charge in [-0.1, -0.05) is 14.4 Å². The van der Waals surface area contributed by atoms with Crippen LogP contribution in [0.25, 0.3) is 0 Å². The summed E-state index contributed by atoms with van der Waals surface area (Å²) in [4.78, 5) is 19.6. The van der Waals surface area contributed by atoms with Gasteiger partial charge in [0.25, 0.3) is 0 Å². The molecule has 5 nitrogen and oxygen atoms in total. The van der Waals surface area contributed by atoms with E-state index in [2.05, 4.69) is 0 Å². The van der Waals surface area contributed by atoms with Crippen molar-refractivity contribution in [3.05, 3.63) is 0 Å². The minimum atomic E-state index is -0.401. The summed E-state index contributed by atoms with van der Waals surface area (Å²) in [5.41, 5.74) is 5.78. The van der Waals surface area contributed by atoms with Crippen LogP contribution < -0.4 is 5.73 Å². The van der Waals surface area contributed by atoms with Crippen LogP contribution in [0.2, 0.25) is 0 Å². The van der Waals surface area contributed by atoms with Gasteiger partial charge in [0, 0.05) is 12.0 Å². The molecule has 1 fully saturated rings. The van der Waals surface area contributed by atoms with Crippen molar-refractivity contribution in [3.8, 4) is 0 Å². The SMILES string of the molecule is C.CC1O[C@@H](CO)C(N)[C@H](C=O)[C@@H]1C.CC=O. The van der Waals surface area contributed by atoms with Crippen LogP contribution in [0.15, 0.2) is 0 Å². The van der Waals surface area contributed by atoms with Gasteiger partial charge in [0.2, 0.25) is 0 Å². The van der Waals surface area contributed by atoms with Gasteiger partial charge >= 0.3 is 0 Å². The van der Waals surface area contributed by atoms with Gasteiger partial charge in [0.1, 0.15) is 12.6 Å². The number of aldehydes is 2. The minimum absolute atomic E-state index is 0. The van der Waals surface area contributed by atoms with Crippen molar-refractivity contribution >= 4 is 12.6 Å². The van der Waals surface area contributed by atoms with E-state index >= 15 is 0 Å². The third-order valence-electron chi connectivity index (χ3n) is 2.95. The van der Waals surface area contributed by atoms with E-state index in [-0.39, 0.29) is 38.0 Å². The van der Waals surface area contributed by atoms with Crippen LogP contribution in [-0.4, -0.2) is 42.5 Å². The summed E-state index contributed by atoms with van der Waals surface area (Å²) in [5.74, 6) is -0.0869. The van der Waals surface area contributed by atoms with E-state index in [4.69, 9.17) is 20.4 Å². The Labute approximate surface area is 103 Å². The molecule has 1 heterocycles. The molecule has 102 valence electrons. The second-order valence-electron chi connectivity index (χ2n) is 3.95. The zero-order valence-electron chi connectivity index (χ0n) is 10.00. The number of aliphatic hydroxyl groups excluding tert-OH is 1. The number of rotatable bonds is 2. The first-order valence-electron chi connectivity index (χ1n) is 5.40. The molecule has 17 heavy (non-hydrogen) atoms. The van der Waals surface area contributed by atoms with Crippen molar-refractivity contribution in [1.82, 2.24) is 0 Å². The van der Waals surface area contributed by atoms with Crippen molar-refractivity contribution in [2.75, 3.05) is 6.61 Å². The maximum atomic E-state index is 10.8. The number of nitrogens with two attached hydrogens (primary N) is 1. The Morgan fingerprint density at radius 2 is 1.82 bits per heavy atom. The molecule has 5 atom stereocenters. The Kier molecular flexibility index (Phi) is 10.1. The Hall–Kier alpha value is -0.780. The average molecular weight is 247 g/mol. The molecule has 1 aliphatic rings. The molecule has 2 unspecified atom stereocenters. The number of hydrogen-bond donors (Lipinski definition) is 2. The molecular formula is C12H25NO4. The standard InChI is InChI=1S/C9H17NO3.C2H4O.CH4/c1-5-6(2)13-8(4-12)9(10)7(5)3-11;1-2-3;/h3,5-9,12H,4,10H2,1-2H3;2H,1H3;1H4/t5-,6?,7-,8+,9?;;/m1../s1. The first kappa shape index (κ1) is 18.6. The highest BCUT2D eigenvalue weighted by molar-refractivity contribution is 5.56. The van der Waals surface area contributed by atoms with E-state index in [0.717, 1.165) is 12.6 Å². The Morgan fingerprint density at radius 1 is 1.35 bits per heavy atom. The summed E-state index contributed by atoms with van der Waals surface area (Å²) in [5, 5.41) is 8.96. The monoisotopic (exact) mass is 247 g/mol. The Bertz CT molecular complexity index is 223. The average Bonchev–Trinajstić information content (AvgIpc) is 2.25. The molecule has 1 rings (SSSR count). The lowest BCUT2D eigenvalue weighted by Crippen LogP contribution is -2.55. The van der Waals surface area contributed by atoms with Gasteiger partial charge in [-0.3, -0.25) is 0 Å². The van der Waals surface area contributed by atoms with Crippen LogP contribution in [0.3, 0.4) is 0 Å². The highest BCUT2D eigenvalue weighted by atomic mass is 16.5. The Balaban J connectivity index is 0. The molecule has 0 spiro atoms. The number of aliphatic hydroxyl groups is 1. The van der Waals surface area contributed by atoms with E-state index in [9.17, 15) is 4.79 Å². The number of carbonyl (C=O) groups excluding carboxylic acids is 2. The first-order valence-corrected chi connectivity index (χ1v) is 5.40. The third kappa shape index (κ3) is 4.93. The summed E-state index contributed by atoms with van der Waals surface area (Å²) in [6.45, 7) is 5.16. The number of ether oxygens (including phenoxy) is 1. The maximum Gasteiger partial charge on any atom is 0.125 e. The van der Waals surface area contributed by atoms with Gasteiger partial charge in [-0.05, 0) is 19.8 Å². The topological polar surface area (TPSA) is 89.6 Å². The summed E-state index contributed by atoms with van der Waals surface area (Å²) >= 11 is 0. The van der Waals surface area contributed by atoms with Gasteiger partial charge in [0.05, 0.1) is 18.8 Å². The second kappa shape index (κ2) is 9.27. The third-order valence-corrected chi connectivity index (χ3v) is 2.95. The van der Waals surface area contributed by atoms with E-state index in [1.165, 1.54) is 6.92 Å². The predicted octanol–water partition coefficient (Wildman–Crippen LogP) is 0.386. The van der Waals surface area contributed by atoms with E-state index in [0.29, 0.717) is 0 Å². The molecule has 5 heteroatoms. The molecule has 1 aliphatic heterocycles. The van der Waals surface area contributed by atoms with E-state index in [1.54, 1.807) is 0 Å². The van der Waals surface area contributed by atoms with Crippen LogP contribution >= 0.6 is 0 Å². The smallest absolute Gasteiger partial charge is 0.125 e. The second-order valence-corrected chi connectivity index (χ2v) is 3.95. The molecule has 0 aromatic heterocycles. The molecular weight excluding hydrogens is 222 g/mol. The molecule has 1 saturated heterocycles. The predicted molar refractivity (Wildman–Crippen MR) is 66.6 cm³/mol. The van der Waals surface area contributed by atoms with Crippen molar-refractivity contribution < 1.29 is 19.4 Å². The van der Waals surface area contributed by atoms with Crippen molar-refractivity contribution in [2.45, 2.75) is 46.4 Å². The molecule has 0 aromatic carbocycles. The molecule has 0 bridgehead atoms. The van der Waals surface area contributed by atoms with Crippen LogP contribution in [0.4, 0.5) is 0 Å². The molecule has 0 aromatic rings. The quantitative estimate of drug-likeness (QED) is 0.689. The fourth-order valence-corrected chi connectivity index (χ4v) is 1.78. The summed E-state index contributed by atoms with van der Waals surface area (Å²) < 4.78 is 5.46. The lowest BCUT2D eigenvalue weighted by atomic mass is 9.80. The molecule has 0 aliphatic carbocycles. The van der Waals surface area contributed by atoms with Gasteiger partial charge in [-0.2, -0.15) is 0 Å². The van der Waals surface area contributed by atoms with Gasteiger partial charge in [-0.15, -0.1) is 0 Å². The fourth-order valence-electron chi connectivity index (χ4n) is 1.78. The number of carbonyl (C=O) groups is 2. The van der Waals surface area contributed by atoms with E-state index in [1.807, 2.05) is 13.8 Å². The van der Waals surface area contributed by atoms with Gasteiger partial charge in [0.15, 0.2) is 0 Å². The highest BCUT2D eigenvalue weighted by Gasteiger charge is 2.39. The van der Waals surface area contributed by atoms with Gasteiger partial charge < -0.3 is 25.2 Å². The molecule has 0 saturated carbocycles. The lowest BCUT2D eigenvalue weighted by molar-refractivity contribution is -0.139. The van der Waals surface area contributed by atoms with E-state index < -0.39 is 6.10 Å². The van der Waals surface area contributed by atoms with Crippen LogP contribution in [0.5, 0.6) is 0 Å². The largest absolute Gasteiger partial charge is 0.394 e. The maximum absolute atomic E-state index is 10.8. The summed E-state index contributed by atoms with van der Waals surface area (Å²) in [6, 6.07) is -0.381. The summed E-state index contributed by atoms with van der Waals surface area (Å²) in [6.07, 6.45) is 1.20. The van der Waals surface area contributed by atoms with Crippen molar-refractivity contribution in [3.63, 3.8) is 0 Å².